The lowest BCUT2D eigenvalue weighted by Crippen LogP contribution is -1.95. The summed E-state index contributed by atoms with van der Waals surface area (Å²) in [7, 11) is 0. The Morgan fingerprint density at radius 2 is 1.50 bits per heavy atom. The minimum absolute atomic E-state index is 0.550. The van der Waals surface area contributed by atoms with Crippen molar-refractivity contribution in [3.05, 3.63) is 60.3 Å². The molecule has 0 unspecified atom stereocenters. The maximum Gasteiger partial charge on any atom is 0.0741 e. The third-order valence-corrected chi connectivity index (χ3v) is 3.26. The Labute approximate surface area is 133 Å². The van der Waals surface area contributed by atoms with Crippen LogP contribution < -0.4 is 0 Å². The molecule has 0 aliphatic heterocycles. The first-order valence-electron chi connectivity index (χ1n) is 8.02. The van der Waals surface area contributed by atoms with Gasteiger partial charge in [-0.3, -0.25) is 0 Å². The van der Waals surface area contributed by atoms with Gasteiger partial charge >= 0.3 is 0 Å². The zero-order valence-corrected chi connectivity index (χ0v) is 14.2. The molecule has 2 aromatic carbocycles. The second-order valence-electron chi connectivity index (χ2n) is 6.60. The minimum Gasteiger partial charge on any atom is -0.233 e. The largest absolute Gasteiger partial charge is 0.233 e. The molecule has 0 aliphatic rings. The van der Waals surface area contributed by atoms with E-state index in [2.05, 4.69) is 70.0 Å². The smallest absolute Gasteiger partial charge is 0.0741 e. The molecule has 2 nitrogen and oxygen atoms in total. The Balaban J connectivity index is 0.000000396. The van der Waals surface area contributed by atoms with Crippen LogP contribution in [0.25, 0.3) is 16.6 Å². The topological polar surface area (TPSA) is 17.8 Å². The van der Waals surface area contributed by atoms with Gasteiger partial charge in [-0.1, -0.05) is 58.9 Å². The molecule has 22 heavy (non-hydrogen) atoms. The Morgan fingerprint density at radius 3 is 2.09 bits per heavy atom. The first-order valence-corrected chi connectivity index (χ1v) is 8.02. The van der Waals surface area contributed by atoms with Crippen molar-refractivity contribution >= 4 is 10.9 Å². The minimum atomic E-state index is 0.550. The number of aromatic nitrogens is 2. The summed E-state index contributed by atoms with van der Waals surface area (Å²) < 4.78 is 1.99. The van der Waals surface area contributed by atoms with Gasteiger partial charge in [-0.2, -0.15) is 5.10 Å². The van der Waals surface area contributed by atoms with Crippen molar-refractivity contribution in [3.63, 3.8) is 0 Å². The van der Waals surface area contributed by atoms with Gasteiger partial charge in [0, 0.05) is 5.39 Å². The monoisotopic (exact) mass is 294 g/mol. The lowest BCUT2D eigenvalue weighted by atomic mass is 10.0. The summed E-state index contributed by atoms with van der Waals surface area (Å²) in [5.74, 6) is 1.38. The zero-order valence-electron chi connectivity index (χ0n) is 14.2. The van der Waals surface area contributed by atoms with Crippen LogP contribution in [0, 0.1) is 5.92 Å². The summed E-state index contributed by atoms with van der Waals surface area (Å²) in [4.78, 5) is 0. The highest BCUT2D eigenvalue weighted by Crippen LogP contribution is 2.23. The van der Waals surface area contributed by atoms with Crippen LogP contribution >= 0.6 is 0 Å². The molecular formula is C20H26N2. The number of hydrogen-bond acceptors (Lipinski definition) is 1. The number of nitrogens with zero attached hydrogens (tertiary/aromatic N) is 2. The Kier molecular flexibility index (Phi) is 5.37. The maximum absolute atomic E-state index is 4.48. The highest BCUT2D eigenvalue weighted by molar-refractivity contribution is 5.81. The molecule has 0 atom stereocenters. The molecule has 0 aliphatic carbocycles. The highest BCUT2D eigenvalue weighted by Gasteiger charge is 2.06. The molecule has 0 saturated heterocycles. The standard InChI is InChI=1S/C16H16N2.C4H10/c1-12(2)13-8-9-16-14(10-13)11-17-18(16)15-6-4-3-5-7-15;1-4(2)3/h3-12H,1-2H3;4H,1-3H3. The van der Waals surface area contributed by atoms with E-state index in [1.165, 1.54) is 10.9 Å². The molecule has 0 radical (unpaired) electrons. The molecule has 0 saturated carbocycles. The maximum atomic E-state index is 4.48. The Morgan fingerprint density at radius 1 is 0.864 bits per heavy atom. The quantitative estimate of drug-likeness (QED) is 0.583. The summed E-state index contributed by atoms with van der Waals surface area (Å²) in [6.07, 6.45) is 1.94. The molecule has 0 bridgehead atoms. The molecule has 2 heteroatoms. The normalized spacial score (nSPS) is 10.9. The van der Waals surface area contributed by atoms with Gasteiger partial charge in [0.15, 0.2) is 0 Å². The van der Waals surface area contributed by atoms with E-state index >= 15 is 0 Å². The van der Waals surface area contributed by atoms with Crippen LogP contribution in [-0.4, -0.2) is 9.78 Å². The van der Waals surface area contributed by atoms with Gasteiger partial charge in [-0.15, -0.1) is 0 Å². The van der Waals surface area contributed by atoms with E-state index in [1.807, 2.05) is 29.1 Å². The van der Waals surface area contributed by atoms with Crippen molar-refractivity contribution in [3.8, 4) is 5.69 Å². The van der Waals surface area contributed by atoms with Crippen LogP contribution in [0.1, 0.15) is 46.1 Å². The summed E-state index contributed by atoms with van der Waals surface area (Å²) in [5.41, 5.74) is 3.62. The summed E-state index contributed by atoms with van der Waals surface area (Å²) >= 11 is 0. The first kappa shape index (κ1) is 16.3. The lowest BCUT2D eigenvalue weighted by molar-refractivity contribution is 0.737. The number of rotatable bonds is 2. The van der Waals surface area contributed by atoms with Crippen molar-refractivity contribution in [2.45, 2.75) is 40.5 Å². The summed E-state index contributed by atoms with van der Waals surface area (Å²) in [6.45, 7) is 10.9. The second kappa shape index (κ2) is 7.26. The van der Waals surface area contributed by atoms with Crippen LogP contribution in [0.4, 0.5) is 0 Å². The van der Waals surface area contributed by atoms with Crippen LogP contribution in [-0.2, 0) is 0 Å². The van der Waals surface area contributed by atoms with Crippen molar-refractivity contribution in [2.24, 2.45) is 5.92 Å². The van der Waals surface area contributed by atoms with Gasteiger partial charge in [0.25, 0.3) is 0 Å². The van der Waals surface area contributed by atoms with E-state index in [4.69, 9.17) is 0 Å². The van der Waals surface area contributed by atoms with E-state index < -0.39 is 0 Å². The number of para-hydroxylation sites is 1. The lowest BCUT2D eigenvalue weighted by Gasteiger charge is -2.06. The molecule has 0 fully saturated rings. The molecule has 116 valence electrons. The summed E-state index contributed by atoms with van der Waals surface area (Å²) in [5, 5.41) is 5.68. The predicted octanol–water partition coefficient (Wildman–Crippen LogP) is 5.81. The summed E-state index contributed by atoms with van der Waals surface area (Å²) in [6, 6.07) is 16.8. The van der Waals surface area contributed by atoms with Gasteiger partial charge < -0.3 is 0 Å². The van der Waals surface area contributed by atoms with Crippen LogP contribution in [0.2, 0.25) is 0 Å². The van der Waals surface area contributed by atoms with Crippen LogP contribution in [0.3, 0.4) is 0 Å². The van der Waals surface area contributed by atoms with Gasteiger partial charge in [-0.05, 0) is 41.7 Å². The van der Waals surface area contributed by atoms with E-state index in [9.17, 15) is 0 Å². The average Bonchev–Trinajstić information content (AvgIpc) is 2.90. The van der Waals surface area contributed by atoms with Crippen molar-refractivity contribution in [2.75, 3.05) is 0 Å². The molecule has 3 aromatic rings. The van der Waals surface area contributed by atoms with E-state index in [1.54, 1.807) is 0 Å². The Hall–Kier alpha value is -2.09. The zero-order chi connectivity index (χ0) is 16.1. The van der Waals surface area contributed by atoms with Gasteiger partial charge in [0.05, 0.1) is 17.4 Å². The van der Waals surface area contributed by atoms with Crippen molar-refractivity contribution in [1.29, 1.82) is 0 Å². The molecular weight excluding hydrogens is 268 g/mol. The van der Waals surface area contributed by atoms with Gasteiger partial charge in [0.1, 0.15) is 0 Å². The van der Waals surface area contributed by atoms with Crippen molar-refractivity contribution in [1.82, 2.24) is 9.78 Å². The van der Waals surface area contributed by atoms with Gasteiger partial charge in [-0.25, -0.2) is 4.68 Å². The fourth-order valence-corrected chi connectivity index (χ4v) is 2.19. The molecule has 0 spiro atoms. The van der Waals surface area contributed by atoms with Crippen molar-refractivity contribution < 1.29 is 0 Å². The van der Waals surface area contributed by atoms with Crippen LogP contribution in [0.5, 0.6) is 0 Å². The number of fused-ring (bicyclic) bond motifs is 1. The molecule has 0 amide bonds. The van der Waals surface area contributed by atoms with E-state index in [0.717, 1.165) is 17.1 Å². The van der Waals surface area contributed by atoms with E-state index in [-0.39, 0.29) is 0 Å². The third-order valence-electron chi connectivity index (χ3n) is 3.26. The van der Waals surface area contributed by atoms with Gasteiger partial charge in [0.2, 0.25) is 0 Å². The highest BCUT2D eigenvalue weighted by atomic mass is 15.3. The molecule has 3 rings (SSSR count). The molecule has 0 N–H and O–H groups in total. The van der Waals surface area contributed by atoms with E-state index in [0.29, 0.717) is 5.92 Å². The Bertz CT molecular complexity index is 706. The number of hydrogen-bond donors (Lipinski definition) is 0. The average molecular weight is 294 g/mol. The first-order chi connectivity index (χ1) is 10.5. The molecule has 1 aromatic heterocycles. The fourth-order valence-electron chi connectivity index (χ4n) is 2.19. The predicted molar refractivity (Wildman–Crippen MR) is 95.7 cm³/mol. The SMILES string of the molecule is CC(C)C.CC(C)c1ccc2c(cnn2-c2ccccc2)c1. The third kappa shape index (κ3) is 3.97. The second-order valence-corrected chi connectivity index (χ2v) is 6.60. The van der Waals surface area contributed by atoms with Crippen LogP contribution in [0.15, 0.2) is 54.7 Å². The molecule has 1 heterocycles. The number of benzene rings is 2. The fraction of sp³-hybridized carbons (Fsp3) is 0.350.